The molecule has 82 valence electrons. The number of anilines is 3. The number of nitrogens with two attached hydrogens (primary N) is 1. The van der Waals surface area contributed by atoms with Gasteiger partial charge in [0.25, 0.3) is 0 Å². The van der Waals surface area contributed by atoms with Crippen LogP contribution in [0.5, 0.6) is 0 Å². The van der Waals surface area contributed by atoms with E-state index in [9.17, 15) is 0 Å². The Morgan fingerprint density at radius 2 is 1.94 bits per heavy atom. The maximum Gasteiger partial charge on any atom is 0.130 e. The van der Waals surface area contributed by atoms with Crippen LogP contribution in [0.25, 0.3) is 0 Å². The predicted octanol–water partition coefficient (Wildman–Crippen LogP) is 3.93. The molecule has 16 heavy (non-hydrogen) atoms. The highest BCUT2D eigenvalue weighted by Crippen LogP contribution is 2.28. The van der Waals surface area contributed by atoms with Crippen LogP contribution < -0.4 is 11.1 Å². The Morgan fingerprint density at radius 3 is 2.56 bits per heavy atom. The van der Waals surface area contributed by atoms with Gasteiger partial charge in [-0.25, -0.2) is 4.98 Å². The van der Waals surface area contributed by atoms with Crippen molar-refractivity contribution < 1.29 is 0 Å². The highest BCUT2D eigenvalue weighted by molar-refractivity contribution is 9.11. The van der Waals surface area contributed by atoms with E-state index >= 15 is 0 Å². The summed E-state index contributed by atoms with van der Waals surface area (Å²) in [5, 5.41) is 3.19. The first-order valence-electron chi connectivity index (χ1n) is 4.59. The second-order valence-corrected chi connectivity index (χ2v) is 5.00. The summed E-state index contributed by atoms with van der Waals surface area (Å²) >= 11 is 6.88. The molecule has 5 heteroatoms. The van der Waals surface area contributed by atoms with Crippen LogP contribution in [0.3, 0.4) is 0 Å². The Bertz CT molecular complexity index is 497. The molecule has 0 aliphatic carbocycles. The SMILES string of the molecule is Nc1ccc(Nc2ccc(Br)cc2Br)nc1. The number of aromatic nitrogens is 1. The zero-order valence-electron chi connectivity index (χ0n) is 8.24. The van der Waals surface area contributed by atoms with Gasteiger partial charge in [-0.3, -0.25) is 0 Å². The Morgan fingerprint density at radius 1 is 1.12 bits per heavy atom. The molecule has 0 spiro atoms. The summed E-state index contributed by atoms with van der Waals surface area (Å²) in [6.45, 7) is 0. The van der Waals surface area contributed by atoms with Gasteiger partial charge in [0, 0.05) is 8.95 Å². The Hall–Kier alpha value is -1.07. The molecule has 0 radical (unpaired) electrons. The Labute approximate surface area is 110 Å². The molecule has 1 heterocycles. The minimum absolute atomic E-state index is 0.653. The lowest BCUT2D eigenvalue weighted by molar-refractivity contribution is 1.31. The third kappa shape index (κ3) is 2.74. The molecule has 0 aliphatic rings. The number of hydrogen-bond donors (Lipinski definition) is 2. The molecule has 0 fully saturated rings. The number of halogens is 2. The first kappa shape index (κ1) is 11.4. The molecule has 1 aromatic heterocycles. The van der Waals surface area contributed by atoms with E-state index in [1.54, 1.807) is 6.20 Å². The maximum absolute atomic E-state index is 5.56. The van der Waals surface area contributed by atoms with Crippen molar-refractivity contribution in [1.82, 2.24) is 4.98 Å². The highest BCUT2D eigenvalue weighted by Gasteiger charge is 2.01. The number of nitrogens with zero attached hydrogens (tertiary/aromatic N) is 1. The molecule has 0 amide bonds. The zero-order chi connectivity index (χ0) is 11.5. The predicted molar refractivity (Wildman–Crippen MR) is 73.8 cm³/mol. The largest absolute Gasteiger partial charge is 0.397 e. The van der Waals surface area contributed by atoms with E-state index in [4.69, 9.17) is 5.73 Å². The topological polar surface area (TPSA) is 50.9 Å². The lowest BCUT2D eigenvalue weighted by Crippen LogP contribution is -1.95. The standard InChI is InChI=1S/C11H9Br2N3/c12-7-1-3-10(9(13)5-7)16-11-4-2-8(14)6-15-11/h1-6H,14H2,(H,15,16). The first-order chi connectivity index (χ1) is 7.65. The third-order valence-corrected chi connectivity index (χ3v) is 3.13. The molecule has 0 saturated carbocycles. The van der Waals surface area contributed by atoms with Crippen molar-refractivity contribution in [3.63, 3.8) is 0 Å². The second kappa shape index (κ2) is 4.84. The van der Waals surface area contributed by atoms with E-state index in [0.29, 0.717) is 5.69 Å². The molecule has 3 nitrogen and oxygen atoms in total. The van der Waals surface area contributed by atoms with Crippen LogP contribution in [0.2, 0.25) is 0 Å². The van der Waals surface area contributed by atoms with Crippen LogP contribution in [0, 0.1) is 0 Å². The van der Waals surface area contributed by atoms with E-state index < -0.39 is 0 Å². The Balaban J connectivity index is 2.23. The molecule has 0 saturated heterocycles. The van der Waals surface area contributed by atoms with Gasteiger partial charge in [0.05, 0.1) is 17.6 Å². The fourth-order valence-corrected chi connectivity index (χ4v) is 2.35. The molecule has 0 aliphatic heterocycles. The third-order valence-electron chi connectivity index (χ3n) is 1.98. The summed E-state index contributed by atoms with van der Waals surface area (Å²) in [4.78, 5) is 4.17. The van der Waals surface area contributed by atoms with Gasteiger partial charge in [-0.2, -0.15) is 0 Å². The average Bonchev–Trinajstić information content (AvgIpc) is 2.25. The second-order valence-electron chi connectivity index (χ2n) is 3.23. The van der Waals surface area contributed by atoms with Gasteiger partial charge >= 0.3 is 0 Å². The lowest BCUT2D eigenvalue weighted by Gasteiger charge is -2.08. The number of hydrogen-bond acceptors (Lipinski definition) is 3. The number of pyridine rings is 1. The van der Waals surface area contributed by atoms with Crippen LogP contribution in [0.4, 0.5) is 17.2 Å². The van der Waals surface area contributed by atoms with Gasteiger partial charge in [-0.15, -0.1) is 0 Å². The number of benzene rings is 1. The lowest BCUT2D eigenvalue weighted by atomic mass is 10.3. The fourth-order valence-electron chi connectivity index (χ4n) is 1.21. The fraction of sp³-hybridized carbons (Fsp3) is 0. The van der Waals surface area contributed by atoms with E-state index in [2.05, 4.69) is 42.2 Å². The molecule has 0 atom stereocenters. The minimum Gasteiger partial charge on any atom is -0.397 e. The molecule has 0 bridgehead atoms. The van der Waals surface area contributed by atoms with Crippen molar-refractivity contribution in [2.75, 3.05) is 11.1 Å². The smallest absolute Gasteiger partial charge is 0.130 e. The van der Waals surface area contributed by atoms with Crippen molar-refractivity contribution in [3.05, 3.63) is 45.5 Å². The van der Waals surface area contributed by atoms with E-state index in [1.165, 1.54) is 0 Å². The molecule has 3 N–H and O–H groups in total. The van der Waals surface area contributed by atoms with Crippen molar-refractivity contribution in [2.45, 2.75) is 0 Å². The van der Waals surface area contributed by atoms with Gasteiger partial charge < -0.3 is 11.1 Å². The van der Waals surface area contributed by atoms with Crippen LogP contribution >= 0.6 is 31.9 Å². The summed E-state index contributed by atoms with van der Waals surface area (Å²) in [5.41, 5.74) is 7.18. The number of nitrogen functional groups attached to an aromatic ring is 1. The molecule has 2 aromatic rings. The molecular formula is C11H9Br2N3. The summed E-state index contributed by atoms with van der Waals surface area (Å²) in [6, 6.07) is 9.54. The summed E-state index contributed by atoms with van der Waals surface area (Å²) in [6.07, 6.45) is 1.62. The van der Waals surface area contributed by atoms with E-state index in [-0.39, 0.29) is 0 Å². The average molecular weight is 343 g/mol. The van der Waals surface area contributed by atoms with Gasteiger partial charge in [0.2, 0.25) is 0 Å². The van der Waals surface area contributed by atoms with Gasteiger partial charge in [0.15, 0.2) is 0 Å². The summed E-state index contributed by atoms with van der Waals surface area (Å²) in [7, 11) is 0. The normalized spacial score (nSPS) is 10.1. The van der Waals surface area contributed by atoms with Crippen molar-refractivity contribution in [1.29, 1.82) is 0 Å². The maximum atomic E-state index is 5.56. The van der Waals surface area contributed by atoms with Crippen molar-refractivity contribution >= 4 is 49.1 Å². The number of nitrogens with one attached hydrogen (secondary N) is 1. The monoisotopic (exact) mass is 341 g/mol. The van der Waals surface area contributed by atoms with Gasteiger partial charge in [-0.05, 0) is 46.3 Å². The first-order valence-corrected chi connectivity index (χ1v) is 6.17. The van der Waals surface area contributed by atoms with Crippen LogP contribution in [-0.2, 0) is 0 Å². The van der Waals surface area contributed by atoms with Crippen LogP contribution in [0.15, 0.2) is 45.5 Å². The van der Waals surface area contributed by atoms with Gasteiger partial charge in [0.1, 0.15) is 5.82 Å². The highest BCUT2D eigenvalue weighted by atomic mass is 79.9. The quantitative estimate of drug-likeness (QED) is 0.869. The van der Waals surface area contributed by atoms with Crippen LogP contribution in [-0.4, -0.2) is 4.98 Å². The molecule has 0 unspecified atom stereocenters. The summed E-state index contributed by atoms with van der Waals surface area (Å²) < 4.78 is 2.00. The minimum atomic E-state index is 0.653. The van der Waals surface area contributed by atoms with Crippen molar-refractivity contribution in [3.8, 4) is 0 Å². The van der Waals surface area contributed by atoms with E-state index in [0.717, 1.165) is 20.5 Å². The molecular weight excluding hydrogens is 334 g/mol. The summed E-state index contributed by atoms with van der Waals surface area (Å²) in [5.74, 6) is 0.761. The molecule has 2 rings (SSSR count). The van der Waals surface area contributed by atoms with Gasteiger partial charge in [-0.1, -0.05) is 15.9 Å². The Kier molecular flexibility index (Phi) is 3.46. The van der Waals surface area contributed by atoms with E-state index in [1.807, 2.05) is 30.3 Å². The van der Waals surface area contributed by atoms with Crippen LogP contribution in [0.1, 0.15) is 0 Å². The zero-order valence-corrected chi connectivity index (χ0v) is 11.4. The number of rotatable bonds is 2. The molecule has 1 aromatic carbocycles. The van der Waals surface area contributed by atoms with Crippen molar-refractivity contribution in [2.24, 2.45) is 0 Å².